The van der Waals surface area contributed by atoms with Gasteiger partial charge >= 0.3 is 7.69 Å². The van der Waals surface area contributed by atoms with Crippen molar-refractivity contribution in [2.24, 2.45) is 0 Å². The Morgan fingerprint density at radius 2 is 0.812 bits per heavy atom. The van der Waals surface area contributed by atoms with Crippen LogP contribution in [0.4, 0.5) is 0 Å². The van der Waals surface area contributed by atoms with Crippen molar-refractivity contribution in [3.8, 4) is 51.0 Å². The van der Waals surface area contributed by atoms with Crippen LogP contribution in [0, 0.1) is 0 Å². The maximum Gasteiger partial charge on any atom is 0.569 e. The topological polar surface area (TPSA) is 117 Å². The van der Waals surface area contributed by atoms with E-state index in [9.17, 15) is 0 Å². The van der Waals surface area contributed by atoms with Gasteiger partial charge in [0.05, 0.1) is 33.1 Å². The highest BCUT2D eigenvalue weighted by atomic mass is 79.9. The molecule has 0 bridgehead atoms. The average molecular weight is 1100 g/mol. The number of aromatic nitrogens is 6. The molecule has 10 aromatic carbocycles. The molecule has 0 saturated heterocycles. The van der Waals surface area contributed by atoms with Crippen molar-refractivity contribution in [2.45, 2.75) is 0 Å². The Morgan fingerprint density at radius 3 is 1.34 bits per heavy atom. The van der Waals surface area contributed by atoms with E-state index in [1.165, 1.54) is 0 Å². The van der Waals surface area contributed by atoms with Crippen molar-refractivity contribution < 1.29 is 18.5 Å². The van der Waals surface area contributed by atoms with Crippen molar-refractivity contribution >= 4 is 112 Å². The van der Waals surface area contributed by atoms with Gasteiger partial charge in [-0.05, 0) is 126 Å². The molecule has 16 aromatic rings. The van der Waals surface area contributed by atoms with E-state index in [2.05, 4.69) is 164 Å². The normalized spacial score (nSPS) is 11.4. The van der Waals surface area contributed by atoms with Crippen LogP contribution in [0.15, 0.2) is 268 Å². The number of para-hydroxylation sites is 6. The summed E-state index contributed by atoms with van der Waals surface area (Å²) in [5, 5.41) is 15.3. The molecule has 0 atom stereocenters. The monoisotopic (exact) mass is 1100 g/mol. The Kier molecular flexibility index (Phi) is 12.5. The molecule has 80 heavy (non-hydrogen) atoms. The van der Waals surface area contributed by atoms with Crippen LogP contribution in [-0.2, 0) is 0 Å². The van der Waals surface area contributed by atoms with Crippen molar-refractivity contribution in [1.29, 1.82) is 0 Å². The molecule has 1 N–H and O–H groups in total. The maximum atomic E-state index is 8.74. The molecular formula is C68H43BBrN6O4. The summed E-state index contributed by atoms with van der Waals surface area (Å²) < 4.78 is 22.3. The number of hydrogen-bond acceptors (Lipinski definition) is 8. The van der Waals surface area contributed by atoms with E-state index in [1.54, 1.807) is 0 Å². The largest absolute Gasteiger partial charge is 0.569 e. The van der Waals surface area contributed by atoms with Gasteiger partial charge in [-0.1, -0.05) is 155 Å². The first-order valence-corrected chi connectivity index (χ1v) is 26.8. The standard InChI is InChI=1S/C34H21N3O.C19H14BN2O2.C15H8BrNO/c1-2-8-23(9-3-1)33-35-30-12-6-7-13-31(30)37(33)26-17-14-22(15-18-26)24-16-19-27-28-20-25-10-4-5-11-29(25)36-34(28)38-32(27)21-24;23-20-24-16-12-10-15(11-13-16)22-18-9-5-4-8-17(18)21-19(22)14-6-2-1-3-7-14;16-10-5-6-11-12-7-9-3-1-2-4-13(9)17-15(12)18-14(11)8-10/h1-21H;1-13,23H;1-8H. The van der Waals surface area contributed by atoms with E-state index in [1.807, 2.05) is 121 Å². The van der Waals surface area contributed by atoms with Gasteiger partial charge in [0.25, 0.3) is 0 Å². The lowest BCUT2D eigenvalue weighted by molar-refractivity contribution is 0.454. The first-order chi connectivity index (χ1) is 39.5. The summed E-state index contributed by atoms with van der Waals surface area (Å²) >= 11 is 3.45. The van der Waals surface area contributed by atoms with Gasteiger partial charge in [0.1, 0.15) is 28.6 Å². The molecule has 0 aliphatic rings. The molecule has 379 valence electrons. The summed E-state index contributed by atoms with van der Waals surface area (Å²) in [5.74, 6) is 2.40. The number of rotatable bonds is 7. The first kappa shape index (κ1) is 48.3. The second-order valence-electron chi connectivity index (χ2n) is 19.1. The van der Waals surface area contributed by atoms with E-state index < -0.39 is 0 Å². The zero-order valence-corrected chi connectivity index (χ0v) is 44.1. The number of halogens is 1. The highest BCUT2D eigenvalue weighted by Crippen LogP contribution is 2.36. The smallest absolute Gasteiger partial charge is 0.537 e. The highest BCUT2D eigenvalue weighted by molar-refractivity contribution is 9.10. The van der Waals surface area contributed by atoms with E-state index in [0.717, 1.165) is 126 Å². The Bertz CT molecular complexity index is 4920. The number of furan rings is 2. The molecule has 0 fully saturated rings. The van der Waals surface area contributed by atoms with E-state index in [-0.39, 0.29) is 0 Å². The second kappa shape index (κ2) is 20.7. The Hall–Kier alpha value is -10.1. The molecule has 16 rings (SSSR count). The number of pyridine rings is 2. The second-order valence-corrected chi connectivity index (χ2v) is 20.1. The summed E-state index contributed by atoms with van der Waals surface area (Å²) in [4.78, 5) is 19.1. The molecule has 0 unspecified atom stereocenters. The number of hydrogen-bond donors (Lipinski definition) is 1. The molecule has 6 aromatic heterocycles. The van der Waals surface area contributed by atoms with Crippen LogP contribution in [0.1, 0.15) is 0 Å². The highest BCUT2D eigenvalue weighted by Gasteiger charge is 2.17. The molecular weight excluding hydrogens is 1060 g/mol. The van der Waals surface area contributed by atoms with Gasteiger partial charge in [0.2, 0.25) is 11.4 Å². The van der Waals surface area contributed by atoms with Gasteiger partial charge < -0.3 is 18.5 Å². The fourth-order valence-corrected chi connectivity index (χ4v) is 10.8. The van der Waals surface area contributed by atoms with Gasteiger partial charge in [-0.25, -0.2) is 19.9 Å². The fourth-order valence-electron chi connectivity index (χ4n) is 10.4. The lowest BCUT2D eigenvalue weighted by Crippen LogP contribution is -2.01. The zero-order valence-electron chi connectivity index (χ0n) is 42.6. The maximum absolute atomic E-state index is 8.74. The molecule has 0 amide bonds. The molecule has 0 aliphatic carbocycles. The van der Waals surface area contributed by atoms with Gasteiger partial charge in [-0.3, -0.25) is 9.13 Å². The van der Waals surface area contributed by atoms with Crippen LogP contribution in [0.3, 0.4) is 0 Å². The molecule has 6 heterocycles. The van der Waals surface area contributed by atoms with Gasteiger partial charge in [-0.2, -0.15) is 0 Å². The molecule has 0 spiro atoms. The number of fused-ring (bicyclic) bond motifs is 10. The van der Waals surface area contributed by atoms with Crippen LogP contribution in [0.25, 0.3) is 133 Å². The summed E-state index contributed by atoms with van der Waals surface area (Å²) in [5.41, 5.74) is 15.4. The van der Waals surface area contributed by atoms with Crippen molar-refractivity contribution in [1.82, 2.24) is 29.1 Å². The lowest BCUT2D eigenvalue weighted by atomic mass is 10.0. The van der Waals surface area contributed by atoms with Crippen molar-refractivity contribution in [3.05, 3.63) is 259 Å². The third-order valence-corrected chi connectivity index (χ3v) is 14.7. The van der Waals surface area contributed by atoms with Crippen LogP contribution in [0.5, 0.6) is 5.75 Å². The number of imidazole rings is 2. The van der Waals surface area contributed by atoms with E-state index in [4.69, 9.17) is 33.5 Å². The fraction of sp³-hybridized carbons (Fsp3) is 0. The minimum Gasteiger partial charge on any atom is -0.537 e. The molecule has 0 saturated carbocycles. The number of nitrogens with zero attached hydrogens (tertiary/aromatic N) is 6. The Labute approximate surface area is 466 Å². The van der Waals surface area contributed by atoms with E-state index >= 15 is 0 Å². The van der Waals surface area contributed by atoms with Crippen molar-refractivity contribution in [3.63, 3.8) is 0 Å². The summed E-state index contributed by atoms with van der Waals surface area (Å²) in [7, 11) is 0.678. The average Bonchev–Trinajstić information content (AvgIpc) is 4.37. The van der Waals surface area contributed by atoms with Crippen LogP contribution >= 0.6 is 15.9 Å². The third-order valence-electron chi connectivity index (χ3n) is 14.2. The lowest BCUT2D eigenvalue weighted by Gasteiger charge is -2.11. The minimum absolute atomic E-state index is 0.576. The van der Waals surface area contributed by atoms with Crippen molar-refractivity contribution in [2.75, 3.05) is 0 Å². The van der Waals surface area contributed by atoms with Gasteiger partial charge in [0, 0.05) is 59.3 Å². The molecule has 0 aliphatic heterocycles. The van der Waals surface area contributed by atoms with E-state index in [0.29, 0.717) is 24.9 Å². The first-order valence-electron chi connectivity index (χ1n) is 26.0. The molecule has 12 heteroatoms. The SMILES string of the molecule is Brc1ccc2c(c1)oc1nc3ccccc3cc12.O[B]Oc1ccc(-n2c(-c3ccccc3)nc3ccccc32)cc1.c1ccc(-c2nc3ccccc3n2-c2ccc(-c3ccc4c(c3)oc3nc5ccccc5cc34)cc2)cc1. The minimum atomic E-state index is 0.576. The molecule has 10 nitrogen and oxygen atoms in total. The third kappa shape index (κ3) is 9.07. The summed E-state index contributed by atoms with van der Waals surface area (Å²) in [6.07, 6.45) is 0. The Morgan fingerprint density at radius 1 is 0.375 bits per heavy atom. The van der Waals surface area contributed by atoms with Crippen LogP contribution in [-0.4, -0.2) is 41.8 Å². The summed E-state index contributed by atoms with van der Waals surface area (Å²) in [6.45, 7) is 0. The van der Waals surface area contributed by atoms with Crippen LogP contribution < -0.4 is 4.65 Å². The predicted molar refractivity (Wildman–Crippen MR) is 326 cm³/mol. The van der Waals surface area contributed by atoms with Gasteiger partial charge in [0.15, 0.2) is 0 Å². The predicted octanol–water partition coefficient (Wildman–Crippen LogP) is 17.3. The zero-order chi connectivity index (χ0) is 53.5. The quantitative estimate of drug-likeness (QED) is 0.157. The molecule has 1 radical (unpaired) electrons. The Balaban J connectivity index is 0.000000117. The summed E-state index contributed by atoms with van der Waals surface area (Å²) in [6, 6.07) is 85.9. The van der Waals surface area contributed by atoms with Crippen LogP contribution in [0.2, 0.25) is 0 Å². The number of benzene rings is 10. The van der Waals surface area contributed by atoms with Gasteiger partial charge in [-0.15, -0.1) is 0 Å².